The number of carbonyl (C=O) groups excluding carboxylic acids is 1. The van der Waals surface area contributed by atoms with Gasteiger partial charge in [-0.05, 0) is 43.4 Å². The van der Waals surface area contributed by atoms with Gasteiger partial charge in [0.15, 0.2) is 0 Å². The van der Waals surface area contributed by atoms with Crippen LogP contribution in [-0.2, 0) is 4.79 Å². The van der Waals surface area contributed by atoms with E-state index in [2.05, 4.69) is 19.6 Å². The lowest BCUT2D eigenvalue weighted by molar-refractivity contribution is -0.127. The van der Waals surface area contributed by atoms with Crippen LogP contribution in [0.3, 0.4) is 0 Å². The molecule has 2 nitrogen and oxygen atoms in total. The fourth-order valence-electron chi connectivity index (χ4n) is 3.63. The third-order valence-corrected chi connectivity index (χ3v) is 5.09. The first-order valence-corrected chi connectivity index (χ1v) is 6.54. The molecule has 92 valence electrons. The molecule has 2 heteroatoms. The number of nitriles is 1. The van der Waals surface area contributed by atoms with Gasteiger partial charge in [0.2, 0.25) is 0 Å². The molecule has 2 aliphatic carbocycles. The lowest BCUT2D eigenvalue weighted by Gasteiger charge is -2.50. The zero-order valence-electron chi connectivity index (χ0n) is 10.8. The first-order valence-electron chi connectivity index (χ1n) is 6.54. The maximum Gasteiger partial charge on any atom is 0.133 e. The molecule has 0 N–H and O–H groups in total. The second kappa shape index (κ2) is 4.29. The van der Waals surface area contributed by atoms with Crippen molar-refractivity contribution in [2.75, 3.05) is 0 Å². The number of Topliss-reactive ketones (excluding diaryl/α,β-unsaturated/α-hetero) is 1. The third-order valence-electron chi connectivity index (χ3n) is 5.09. The highest BCUT2D eigenvalue weighted by Crippen LogP contribution is 2.54. The first-order chi connectivity index (χ1) is 7.97. The molecule has 2 rings (SSSR count). The van der Waals surface area contributed by atoms with Gasteiger partial charge in [-0.2, -0.15) is 5.26 Å². The minimum Gasteiger partial charge on any atom is -0.300 e. The lowest BCUT2D eigenvalue weighted by atomic mass is 9.53. The highest BCUT2D eigenvalue weighted by molar-refractivity contribution is 5.79. The summed E-state index contributed by atoms with van der Waals surface area (Å²) in [5.74, 6) is 1.30. The largest absolute Gasteiger partial charge is 0.300 e. The number of carbonyl (C=O) groups is 1. The van der Waals surface area contributed by atoms with Gasteiger partial charge >= 0.3 is 0 Å². The smallest absolute Gasteiger partial charge is 0.133 e. The molecule has 0 saturated heterocycles. The Morgan fingerprint density at radius 1 is 1.53 bits per heavy atom. The van der Waals surface area contributed by atoms with Crippen LogP contribution in [0.1, 0.15) is 46.0 Å². The quantitative estimate of drug-likeness (QED) is 0.648. The van der Waals surface area contributed by atoms with Crippen molar-refractivity contribution in [3.63, 3.8) is 0 Å². The van der Waals surface area contributed by atoms with E-state index >= 15 is 0 Å². The normalized spacial score (nSPS) is 41.5. The van der Waals surface area contributed by atoms with Gasteiger partial charge in [-0.25, -0.2) is 0 Å². The number of allylic oxidation sites excluding steroid dienone is 1. The van der Waals surface area contributed by atoms with Crippen LogP contribution >= 0.6 is 0 Å². The van der Waals surface area contributed by atoms with Crippen LogP contribution in [-0.4, -0.2) is 5.78 Å². The van der Waals surface area contributed by atoms with E-state index in [9.17, 15) is 10.1 Å². The van der Waals surface area contributed by atoms with Crippen molar-refractivity contribution >= 4 is 5.78 Å². The van der Waals surface area contributed by atoms with Crippen molar-refractivity contribution in [3.05, 3.63) is 12.2 Å². The zero-order chi connectivity index (χ0) is 12.6. The Morgan fingerprint density at radius 2 is 2.24 bits per heavy atom. The minimum atomic E-state index is 0.0641. The number of hydrogen-bond acceptors (Lipinski definition) is 2. The second-order valence-corrected chi connectivity index (χ2v) is 6.14. The van der Waals surface area contributed by atoms with Gasteiger partial charge in [0.05, 0.1) is 12.0 Å². The van der Waals surface area contributed by atoms with Gasteiger partial charge in [0.1, 0.15) is 5.78 Å². The molecule has 0 aliphatic heterocycles. The summed E-state index contributed by atoms with van der Waals surface area (Å²) in [7, 11) is 0. The van der Waals surface area contributed by atoms with Gasteiger partial charge in [-0.1, -0.05) is 19.1 Å². The van der Waals surface area contributed by atoms with E-state index in [0.717, 1.165) is 19.3 Å². The molecular weight excluding hydrogens is 210 g/mol. The van der Waals surface area contributed by atoms with Gasteiger partial charge in [0.25, 0.3) is 0 Å². The van der Waals surface area contributed by atoms with E-state index in [1.165, 1.54) is 5.57 Å². The molecular formula is C15H21NO. The molecule has 0 amide bonds. The van der Waals surface area contributed by atoms with E-state index in [1.807, 2.05) is 6.92 Å². The Morgan fingerprint density at radius 3 is 2.82 bits per heavy atom. The number of rotatable bonds is 1. The first kappa shape index (κ1) is 12.4. The highest BCUT2D eigenvalue weighted by atomic mass is 16.1. The van der Waals surface area contributed by atoms with Crippen LogP contribution in [0.25, 0.3) is 0 Å². The molecule has 0 bridgehead atoms. The predicted octanol–water partition coefficient (Wildman–Crippen LogP) is 3.49. The van der Waals surface area contributed by atoms with Crippen LogP contribution in [0.2, 0.25) is 0 Å². The summed E-state index contributed by atoms with van der Waals surface area (Å²) < 4.78 is 0. The maximum atomic E-state index is 11.6. The summed E-state index contributed by atoms with van der Waals surface area (Å²) >= 11 is 0. The van der Waals surface area contributed by atoms with Gasteiger partial charge in [-0.15, -0.1) is 0 Å². The van der Waals surface area contributed by atoms with Gasteiger partial charge in [0, 0.05) is 12.8 Å². The summed E-state index contributed by atoms with van der Waals surface area (Å²) in [5, 5.41) is 9.40. The Hall–Kier alpha value is -1.10. The van der Waals surface area contributed by atoms with E-state index < -0.39 is 0 Å². The number of hydrogen-bond donors (Lipinski definition) is 0. The van der Waals surface area contributed by atoms with Crippen molar-refractivity contribution in [2.24, 2.45) is 23.2 Å². The van der Waals surface area contributed by atoms with E-state index in [1.54, 1.807) is 0 Å². The summed E-state index contributed by atoms with van der Waals surface area (Å²) in [4.78, 5) is 11.6. The minimum absolute atomic E-state index is 0.0641. The predicted molar refractivity (Wildman–Crippen MR) is 67.1 cm³/mol. The maximum absolute atomic E-state index is 11.6. The lowest BCUT2D eigenvalue weighted by Crippen LogP contribution is -2.45. The highest BCUT2D eigenvalue weighted by Gasteiger charge is 2.49. The Balaban J connectivity index is 2.26. The Kier molecular flexibility index (Phi) is 3.12. The molecule has 0 heterocycles. The Labute approximate surface area is 104 Å². The Bertz CT molecular complexity index is 392. The van der Waals surface area contributed by atoms with Crippen LogP contribution in [0.15, 0.2) is 12.2 Å². The zero-order valence-corrected chi connectivity index (χ0v) is 10.8. The van der Waals surface area contributed by atoms with Crippen molar-refractivity contribution < 1.29 is 4.79 Å². The molecule has 4 atom stereocenters. The fraction of sp³-hybridized carbons (Fsp3) is 0.733. The molecule has 0 unspecified atom stereocenters. The van der Waals surface area contributed by atoms with Crippen molar-refractivity contribution in [1.29, 1.82) is 5.26 Å². The number of ketones is 1. The molecule has 2 aliphatic rings. The molecule has 2 saturated carbocycles. The molecule has 0 spiro atoms. The molecule has 2 fully saturated rings. The summed E-state index contributed by atoms with van der Waals surface area (Å²) in [6.45, 7) is 8.30. The van der Waals surface area contributed by atoms with Crippen LogP contribution in [0.5, 0.6) is 0 Å². The molecule has 0 aromatic heterocycles. The molecule has 17 heavy (non-hydrogen) atoms. The van der Waals surface area contributed by atoms with Crippen molar-refractivity contribution in [1.82, 2.24) is 0 Å². The average Bonchev–Trinajstić information content (AvgIpc) is 2.28. The van der Waals surface area contributed by atoms with Crippen LogP contribution < -0.4 is 0 Å². The topological polar surface area (TPSA) is 40.9 Å². The van der Waals surface area contributed by atoms with E-state index in [-0.39, 0.29) is 11.3 Å². The number of nitrogens with zero attached hydrogens (tertiary/aromatic N) is 1. The van der Waals surface area contributed by atoms with Crippen molar-refractivity contribution in [3.8, 4) is 6.07 Å². The standard InChI is InChI=1S/C15H21NO/c1-10(2)11-6-12-8-14(17)4-5-15(12,3)13(7-11)9-16/h11-13H,1,4-8H2,2-3H3/t11-,12+,13-,15+/m1/s1. The van der Waals surface area contributed by atoms with E-state index in [4.69, 9.17) is 0 Å². The molecule has 0 aromatic rings. The summed E-state index contributed by atoms with van der Waals surface area (Å²) in [6.07, 6.45) is 4.24. The fourth-order valence-corrected chi connectivity index (χ4v) is 3.63. The van der Waals surface area contributed by atoms with Crippen LogP contribution in [0.4, 0.5) is 0 Å². The summed E-state index contributed by atoms with van der Waals surface area (Å²) in [5.41, 5.74) is 1.24. The SMILES string of the molecule is C=C(C)[C@@H]1C[C@H]2CC(=O)CC[C@]2(C)[C@@H](C#N)C1. The molecule has 0 radical (unpaired) electrons. The average molecular weight is 231 g/mol. The number of fused-ring (bicyclic) bond motifs is 1. The van der Waals surface area contributed by atoms with Crippen LogP contribution in [0, 0.1) is 34.5 Å². The van der Waals surface area contributed by atoms with Gasteiger partial charge in [-0.3, -0.25) is 4.79 Å². The monoisotopic (exact) mass is 231 g/mol. The summed E-state index contributed by atoms with van der Waals surface area (Å²) in [6, 6.07) is 2.49. The third kappa shape index (κ3) is 2.04. The second-order valence-electron chi connectivity index (χ2n) is 6.14. The van der Waals surface area contributed by atoms with Gasteiger partial charge < -0.3 is 0 Å². The van der Waals surface area contributed by atoms with E-state index in [0.29, 0.717) is 30.5 Å². The van der Waals surface area contributed by atoms with Crippen molar-refractivity contribution in [2.45, 2.75) is 46.0 Å². The molecule has 0 aromatic carbocycles.